The molecule has 3 N–H and O–H groups in total. The van der Waals surface area contributed by atoms with Gasteiger partial charge in [0, 0.05) is 18.5 Å². The highest BCUT2D eigenvalue weighted by Crippen LogP contribution is 2.45. The van der Waals surface area contributed by atoms with Crippen molar-refractivity contribution in [2.24, 2.45) is 5.92 Å². The van der Waals surface area contributed by atoms with Gasteiger partial charge in [-0.1, -0.05) is 12.1 Å². The second-order valence-electron chi connectivity index (χ2n) is 8.30. The Kier molecular flexibility index (Phi) is 6.12. The van der Waals surface area contributed by atoms with E-state index in [-0.39, 0.29) is 24.3 Å². The van der Waals surface area contributed by atoms with Gasteiger partial charge in [-0.2, -0.15) is 9.97 Å². The van der Waals surface area contributed by atoms with Crippen LogP contribution in [0.5, 0.6) is 0 Å². The summed E-state index contributed by atoms with van der Waals surface area (Å²) in [4.78, 5) is 19.6. The highest BCUT2D eigenvalue weighted by molar-refractivity contribution is 5.85. The smallest absolute Gasteiger partial charge is 0.227 e. The van der Waals surface area contributed by atoms with E-state index in [1.54, 1.807) is 30.7 Å². The topological polar surface area (TPSA) is 99.1 Å². The van der Waals surface area contributed by atoms with Crippen molar-refractivity contribution < 1.29 is 9.50 Å². The summed E-state index contributed by atoms with van der Waals surface area (Å²) in [6.07, 6.45) is 7.01. The maximum atomic E-state index is 13.3. The van der Waals surface area contributed by atoms with Gasteiger partial charge in [-0.25, -0.2) is 9.37 Å². The Morgan fingerprint density at radius 1 is 1.12 bits per heavy atom. The van der Waals surface area contributed by atoms with Crippen LogP contribution < -0.4 is 15.5 Å². The molecule has 2 aliphatic rings. The first kappa shape index (κ1) is 22.2. The normalized spacial score (nSPS) is 17.7. The molecule has 3 heterocycles. The van der Waals surface area contributed by atoms with Gasteiger partial charge < -0.3 is 20.6 Å². The van der Waals surface area contributed by atoms with E-state index in [9.17, 15) is 9.50 Å². The summed E-state index contributed by atoms with van der Waals surface area (Å²) in [5.74, 6) is 2.43. The molecule has 1 aliphatic carbocycles. The van der Waals surface area contributed by atoms with Gasteiger partial charge in [-0.3, -0.25) is 4.98 Å². The van der Waals surface area contributed by atoms with Gasteiger partial charge in [0.1, 0.15) is 28.9 Å². The number of hydrogen-bond acceptors (Lipinski definition) is 8. The minimum absolute atomic E-state index is 0. The van der Waals surface area contributed by atoms with Crippen LogP contribution >= 0.6 is 12.4 Å². The van der Waals surface area contributed by atoms with Gasteiger partial charge >= 0.3 is 0 Å². The predicted octanol–water partition coefficient (Wildman–Crippen LogP) is 3.71. The number of nitrogens with one attached hydrogen (secondary N) is 2. The minimum atomic E-state index is -0.613. The monoisotopic (exact) mass is 457 g/mol. The Morgan fingerprint density at radius 2 is 1.88 bits per heavy atom. The molecule has 1 aromatic carbocycles. The van der Waals surface area contributed by atoms with Crippen LogP contribution in [0.3, 0.4) is 0 Å². The Hall–Kier alpha value is -3.04. The van der Waals surface area contributed by atoms with Gasteiger partial charge in [-0.05, 0) is 43.4 Å². The Labute approximate surface area is 191 Å². The van der Waals surface area contributed by atoms with E-state index < -0.39 is 5.60 Å². The molecule has 0 bridgehead atoms. The molecule has 32 heavy (non-hydrogen) atoms. The first-order chi connectivity index (χ1) is 15.0. The van der Waals surface area contributed by atoms with Crippen molar-refractivity contribution >= 4 is 35.8 Å². The molecule has 2 aromatic heterocycles. The van der Waals surface area contributed by atoms with E-state index in [4.69, 9.17) is 0 Å². The second-order valence-corrected chi connectivity index (χ2v) is 8.30. The second kappa shape index (κ2) is 8.84. The van der Waals surface area contributed by atoms with E-state index in [0.29, 0.717) is 36.6 Å². The fourth-order valence-electron chi connectivity index (χ4n) is 3.90. The maximum absolute atomic E-state index is 13.3. The fourth-order valence-corrected chi connectivity index (χ4v) is 3.90. The zero-order chi connectivity index (χ0) is 21.4. The third-order valence-corrected chi connectivity index (χ3v) is 5.84. The summed E-state index contributed by atoms with van der Waals surface area (Å²) in [6.45, 7) is 3.09. The van der Waals surface area contributed by atoms with Crippen LogP contribution in [0.2, 0.25) is 0 Å². The van der Waals surface area contributed by atoms with Crippen molar-refractivity contribution in [2.45, 2.75) is 31.4 Å². The number of β-amino-alcohol motifs (C(OH)–C–C–N with tert-alkyl or cyclic N) is 1. The average Bonchev–Trinajstić information content (AvgIpc) is 3.58. The summed E-state index contributed by atoms with van der Waals surface area (Å²) >= 11 is 0. The van der Waals surface area contributed by atoms with Crippen molar-refractivity contribution in [1.29, 1.82) is 0 Å². The summed E-state index contributed by atoms with van der Waals surface area (Å²) in [5, 5.41) is 17.2. The number of rotatable bonds is 7. The van der Waals surface area contributed by atoms with Gasteiger partial charge in [0.2, 0.25) is 5.95 Å². The molecule has 1 saturated carbocycles. The molecule has 0 amide bonds. The largest absolute Gasteiger partial charge is 0.386 e. The fraction of sp³-hybridized carbons (Fsp3) is 0.364. The minimum Gasteiger partial charge on any atom is -0.386 e. The zero-order valence-corrected chi connectivity index (χ0v) is 18.4. The predicted molar refractivity (Wildman–Crippen MR) is 123 cm³/mol. The number of halogens is 2. The van der Waals surface area contributed by atoms with Gasteiger partial charge in [-0.15, -0.1) is 12.4 Å². The number of anilines is 4. The number of aromatic nitrogens is 4. The summed E-state index contributed by atoms with van der Waals surface area (Å²) in [7, 11) is 0. The lowest BCUT2D eigenvalue weighted by Crippen LogP contribution is -2.63. The summed E-state index contributed by atoms with van der Waals surface area (Å²) in [5.41, 5.74) is 0.309. The summed E-state index contributed by atoms with van der Waals surface area (Å²) < 4.78 is 13.3. The molecule has 2 fully saturated rings. The molecule has 5 rings (SSSR count). The summed E-state index contributed by atoms with van der Waals surface area (Å²) in [6, 6.07) is 8.06. The number of nitrogens with zero attached hydrogens (tertiary/aromatic N) is 5. The molecule has 1 aliphatic heterocycles. The number of hydrogen-bond donors (Lipinski definition) is 3. The quantitative estimate of drug-likeness (QED) is 0.494. The van der Waals surface area contributed by atoms with Crippen LogP contribution in [-0.2, 0) is 0 Å². The molecule has 0 spiro atoms. The van der Waals surface area contributed by atoms with Crippen LogP contribution in [-0.4, -0.2) is 43.7 Å². The molecular weight excluding hydrogens is 433 g/mol. The molecule has 8 nitrogen and oxygen atoms in total. The SMILES string of the molecule is C[C@H](Nc1nc(Nc2cnccn2)cc(N2CC(O)(C3CC3)C2)n1)c1ccc(F)cc1.Cl. The molecule has 168 valence electrons. The lowest BCUT2D eigenvalue weighted by Gasteiger charge is -2.47. The van der Waals surface area contributed by atoms with Crippen LogP contribution in [0, 0.1) is 11.7 Å². The highest BCUT2D eigenvalue weighted by atomic mass is 35.5. The Morgan fingerprint density at radius 3 is 2.53 bits per heavy atom. The van der Waals surface area contributed by atoms with E-state index >= 15 is 0 Å². The molecule has 1 saturated heterocycles. The van der Waals surface area contributed by atoms with Gasteiger partial charge in [0.15, 0.2) is 0 Å². The molecule has 0 unspecified atom stereocenters. The Balaban J connectivity index is 0.00000245. The van der Waals surface area contributed by atoms with Crippen molar-refractivity contribution in [3.63, 3.8) is 0 Å². The lowest BCUT2D eigenvalue weighted by atomic mass is 9.89. The van der Waals surface area contributed by atoms with E-state index in [0.717, 1.165) is 24.2 Å². The van der Waals surface area contributed by atoms with E-state index in [2.05, 4.69) is 35.5 Å². The zero-order valence-electron chi connectivity index (χ0n) is 17.6. The van der Waals surface area contributed by atoms with Crippen molar-refractivity contribution in [3.8, 4) is 0 Å². The standard InChI is InChI=1S/C22H24FN7O.ClH/c1-14(15-2-6-17(23)7-3-15)26-21-28-18(27-19-11-24-8-9-25-19)10-20(29-21)30-12-22(31,13-30)16-4-5-16;/h2-3,6-11,14,16,31H,4-5,12-13H2,1H3,(H2,25,26,27,28,29);1H/t14-;/m0./s1. The lowest BCUT2D eigenvalue weighted by molar-refractivity contribution is -0.00973. The number of benzene rings is 1. The van der Waals surface area contributed by atoms with Crippen LogP contribution in [0.15, 0.2) is 48.9 Å². The van der Waals surface area contributed by atoms with Crippen molar-refractivity contribution in [3.05, 3.63) is 60.3 Å². The van der Waals surface area contributed by atoms with Crippen LogP contribution in [0.25, 0.3) is 0 Å². The highest BCUT2D eigenvalue weighted by Gasteiger charge is 2.52. The first-order valence-electron chi connectivity index (χ1n) is 10.4. The van der Waals surface area contributed by atoms with Gasteiger partial charge in [0.05, 0.1) is 25.3 Å². The molecule has 1 atom stereocenters. The molecule has 3 aromatic rings. The van der Waals surface area contributed by atoms with Gasteiger partial charge in [0.25, 0.3) is 0 Å². The molecule has 10 heteroatoms. The first-order valence-corrected chi connectivity index (χ1v) is 10.4. The van der Waals surface area contributed by atoms with Crippen molar-refractivity contribution in [1.82, 2.24) is 19.9 Å². The number of aliphatic hydroxyl groups is 1. The molecule has 0 radical (unpaired) electrons. The average molecular weight is 458 g/mol. The molecular formula is C22H25ClFN7O. The van der Waals surface area contributed by atoms with E-state index in [1.165, 1.54) is 12.1 Å². The third-order valence-electron chi connectivity index (χ3n) is 5.84. The van der Waals surface area contributed by atoms with E-state index in [1.807, 2.05) is 13.0 Å². The Bertz CT molecular complexity index is 1060. The van der Waals surface area contributed by atoms with Crippen LogP contribution in [0.1, 0.15) is 31.4 Å². The third kappa shape index (κ3) is 4.73. The van der Waals surface area contributed by atoms with Crippen molar-refractivity contribution in [2.75, 3.05) is 28.6 Å². The van der Waals surface area contributed by atoms with Crippen LogP contribution in [0.4, 0.5) is 27.8 Å². The maximum Gasteiger partial charge on any atom is 0.227 e.